The van der Waals surface area contributed by atoms with E-state index in [4.69, 9.17) is 10.4 Å². The molecule has 0 fully saturated rings. The van der Waals surface area contributed by atoms with Gasteiger partial charge in [-0.3, -0.25) is 0 Å². The Morgan fingerprint density at radius 3 is 2.48 bits per heavy atom. The van der Waals surface area contributed by atoms with E-state index in [0.29, 0.717) is 17.7 Å². The minimum atomic E-state index is -0.474. The summed E-state index contributed by atoms with van der Waals surface area (Å²) in [6, 6.07) is 12.9. The van der Waals surface area contributed by atoms with Gasteiger partial charge in [-0.1, -0.05) is 18.2 Å². The molecule has 2 rings (SSSR count). The molecule has 3 N–H and O–H groups in total. The molecule has 23 heavy (non-hydrogen) atoms. The molecule has 0 aliphatic carbocycles. The van der Waals surface area contributed by atoms with Gasteiger partial charge in [-0.05, 0) is 35.4 Å². The lowest BCUT2D eigenvalue weighted by atomic mass is 10.1. The largest absolute Gasteiger partial charge is 0.392 e. The number of amides is 2. The van der Waals surface area contributed by atoms with Gasteiger partial charge in [-0.25, -0.2) is 9.18 Å². The summed E-state index contributed by atoms with van der Waals surface area (Å²) in [4.78, 5) is 11.8. The van der Waals surface area contributed by atoms with Gasteiger partial charge in [-0.15, -0.1) is 0 Å². The molecule has 6 heteroatoms. The van der Waals surface area contributed by atoms with Gasteiger partial charge in [0.1, 0.15) is 5.82 Å². The summed E-state index contributed by atoms with van der Waals surface area (Å²) in [6.07, 6.45) is 0. The number of halogens is 1. The lowest BCUT2D eigenvalue weighted by molar-refractivity contribution is 0.240. The number of aliphatic hydroxyl groups is 1. The fourth-order valence-corrected chi connectivity index (χ4v) is 2.04. The van der Waals surface area contributed by atoms with Crippen molar-refractivity contribution < 1.29 is 14.3 Å². The smallest absolute Gasteiger partial charge is 0.315 e. The van der Waals surface area contributed by atoms with E-state index >= 15 is 0 Å². The van der Waals surface area contributed by atoms with Crippen LogP contribution in [0.4, 0.5) is 9.18 Å². The van der Waals surface area contributed by atoms with E-state index in [1.807, 2.05) is 12.1 Å². The van der Waals surface area contributed by atoms with Crippen molar-refractivity contribution in [1.29, 1.82) is 5.26 Å². The number of nitriles is 1. The molecule has 0 aromatic heterocycles. The number of rotatable bonds is 5. The van der Waals surface area contributed by atoms with Gasteiger partial charge in [0.15, 0.2) is 0 Å². The van der Waals surface area contributed by atoms with E-state index in [1.165, 1.54) is 12.1 Å². The van der Waals surface area contributed by atoms with Crippen LogP contribution in [0.15, 0.2) is 42.5 Å². The number of carbonyl (C=O) groups excluding carboxylic acids is 1. The van der Waals surface area contributed by atoms with Crippen LogP contribution in [0.3, 0.4) is 0 Å². The average Bonchev–Trinajstić information content (AvgIpc) is 2.59. The van der Waals surface area contributed by atoms with Crippen molar-refractivity contribution in [2.75, 3.05) is 0 Å². The average molecular weight is 313 g/mol. The highest BCUT2D eigenvalue weighted by atomic mass is 19.1. The second-order valence-corrected chi connectivity index (χ2v) is 4.93. The first-order valence-electron chi connectivity index (χ1n) is 7.01. The summed E-state index contributed by atoms with van der Waals surface area (Å²) >= 11 is 0. The number of carbonyl (C=O) groups is 1. The number of benzene rings is 2. The highest BCUT2D eigenvalue weighted by Gasteiger charge is 2.05. The van der Waals surface area contributed by atoms with Crippen molar-refractivity contribution in [2.24, 2.45) is 0 Å². The lowest BCUT2D eigenvalue weighted by Crippen LogP contribution is -2.34. The molecule has 0 unspecified atom stereocenters. The number of hydrogen-bond acceptors (Lipinski definition) is 3. The number of hydrogen-bond donors (Lipinski definition) is 3. The van der Waals surface area contributed by atoms with Crippen molar-refractivity contribution >= 4 is 6.03 Å². The van der Waals surface area contributed by atoms with Gasteiger partial charge in [0, 0.05) is 18.7 Å². The van der Waals surface area contributed by atoms with E-state index in [0.717, 1.165) is 5.56 Å². The van der Waals surface area contributed by atoms with Crippen LogP contribution in [0.1, 0.15) is 22.3 Å². The van der Waals surface area contributed by atoms with Crippen LogP contribution >= 0.6 is 0 Å². The monoisotopic (exact) mass is 313 g/mol. The maximum absolute atomic E-state index is 13.3. The predicted octanol–water partition coefficient (Wildman–Crippen LogP) is 2.19. The van der Waals surface area contributed by atoms with Gasteiger partial charge < -0.3 is 15.7 Å². The molecule has 0 spiro atoms. The Bertz CT molecular complexity index is 741. The molecule has 0 aliphatic heterocycles. The number of nitrogens with zero attached hydrogens (tertiary/aromatic N) is 1. The summed E-state index contributed by atoms with van der Waals surface area (Å²) in [5, 5.41) is 23.2. The first kappa shape index (κ1) is 16.5. The minimum Gasteiger partial charge on any atom is -0.392 e. The Hall–Kier alpha value is -2.91. The van der Waals surface area contributed by atoms with Crippen LogP contribution in [-0.4, -0.2) is 11.1 Å². The molecule has 0 saturated heterocycles. The number of nitrogens with one attached hydrogen (secondary N) is 2. The normalized spacial score (nSPS) is 9.96. The highest BCUT2D eigenvalue weighted by molar-refractivity contribution is 5.73. The third kappa shape index (κ3) is 4.80. The predicted molar refractivity (Wildman–Crippen MR) is 82.6 cm³/mol. The van der Waals surface area contributed by atoms with Crippen molar-refractivity contribution in [1.82, 2.24) is 10.6 Å². The van der Waals surface area contributed by atoms with E-state index in [-0.39, 0.29) is 24.7 Å². The summed E-state index contributed by atoms with van der Waals surface area (Å²) < 4.78 is 13.3. The zero-order valence-electron chi connectivity index (χ0n) is 12.3. The van der Waals surface area contributed by atoms with Gasteiger partial charge in [0.05, 0.1) is 18.2 Å². The Balaban J connectivity index is 1.84. The first-order chi connectivity index (χ1) is 11.1. The highest BCUT2D eigenvalue weighted by Crippen LogP contribution is 2.10. The van der Waals surface area contributed by atoms with Crippen LogP contribution in [0.2, 0.25) is 0 Å². The Morgan fingerprint density at radius 1 is 1.13 bits per heavy atom. The third-order valence-corrected chi connectivity index (χ3v) is 3.24. The van der Waals surface area contributed by atoms with Crippen molar-refractivity contribution in [2.45, 2.75) is 19.7 Å². The van der Waals surface area contributed by atoms with Crippen LogP contribution in [-0.2, 0) is 19.7 Å². The van der Waals surface area contributed by atoms with Crippen LogP contribution < -0.4 is 10.6 Å². The van der Waals surface area contributed by atoms with Crippen molar-refractivity contribution in [3.05, 3.63) is 70.5 Å². The van der Waals surface area contributed by atoms with E-state index in [2.05, 4.69) is 10.6 Å². The molecule has 0 atom stereocenters. The van der Waals surface area contributed by atoms with Crippen LogP contribution in [0.5, 0.6) is 0 Å². The Kier molecular flexibility index (Phi) is 5.67. The van der Waals surface area contributed by atoms with Crippen molar-refractivity contribution in [3.63, 3.8) is 0 Å². The molecular formula is C17H16FN3O2. The van der Waals surface area contributed by atoms with E-state index in [1.54, 1.807) is 24.3 Å². The van der Waals surface area contributed by atoms with Crippen molar-refractivity contribution in [3.8, 4) is 6.07 Å². The van der Waals surface area contributed by atoms with Crippen LogP contribution in [0, 0.1) is 17.1 Å². The second kappa shape index (κ2) is 7.92. The van der Waals surface area contributed by atoms with Crippen LogP contribution in [0.25, 0.3) is 0 Å². The second-order valence-electron chi connectivity index (χ2n) is 4.93. The molecule has 118 valence electrons. The summed E-state index contributed by atoms with van der Waals surface area (Å²) in [7, 11) is 0. The SMILES string of the molecule is N#Cc1cccc(CNC(=O)NCc2ccc(F)c(CO)c2)c1. The van der Waals surface area contributed by atoms with Gasteiger partial charge >= 0.3 is 6.03 Å². The fraction of sp³-hybridized carbons (Fsp3) is 0.176. The molecule has 2 amide bonds. The minimum absolute atomic E-state index is 0.193. The standard InChI is InChI=1S/C17H16FN3O2/c18-16-5-4-14(7-15(16)11-22)10-21-17(23)20-9-13-3-1-2-12(6-13)8-19/h1-7,22H,9-11H2,(H2,20,21,23). The molecule has 0 saturated carbocycles. The molecule has 2 aromatic carbocycles. The number of aliphatic hydroxyl groups excluding tert-OH is 1. The molecule has 0 heterocycles. The molecule has 0 bridgehead atoms. The molecule has 0 aliphatic rings. The maximum atomic E-state index is 13.3. The first-order valence-corrected chi connectivity index (χ1v) is 7.01. The van der Waals surface area contributed by atoms with E-state index in [9.17, 15) is 9.18 Å². The lowest BCUT2D eigenvalue weighted by Gasteiger charge is -2.09. The Labute approximate surface area is 133 Å². The van der Waals surface area contributed by atoms with Gasteiger partial charge in [0.25, 0.3) is 0 Å². The zero-order valence-corrected chi connectivity index (χ0v) is 12.3. The summed E-state index contributed by atoms with van der Waals surface area (Å²) in [5.74, 6) is -0.474. The summed E-state index contributed by atoms with van der Waals surface area (Å²) in [6.45, 7) is 0.130. The quantitative estimate of drug-likeness (QED) is 0.791. The topological polar surface area (TPSA) is 85.2 Å². The van der Waals surface area contributed by atoms with Gasteiger partial charge in [0.2, 0.25) is 0 Å². The Morgan fingerprint density at radius 2 is 1.83 bits per heavy atom. The maximum Gasteiger partial charge on any atom is 0.315 e. The molecule has 5 nitrogen and oxygen atoms in total. The zero-order chi connectivity index (χ0) is 16.7. The van der Waals surface area contributed by atoms with E-state index < -0.39 is 5.82 Å². The molecule has 2 aromatic rings. The third-order valence-electron chi connectivity index (χ3n) is 3.24. The fourth-order valence-electron chi connectivity index (χ4n) is 2.04. The summed E-state index contributed by atoms with van der Waals surface area (Å²) in [5.41, 5.74) is 2.24. The molecule has 0 radical (unpaired) electrons. The molecular weight excluding hydrogens is 297 g/mol. The number of urea groups is 1. The van der Waals surface area contributed by atoms with Gasteiger partial charge in [-0.2, -0.15) is 5.26 Å².